The van der Waals surface area contributed by atoms with Crippen molar-refractivity contribution in [2.75, 3.05) is 13.1 Å². The lowest BCUT2D eigenvalue weighted by molar-refractivity contribution is 0.461. The average molecular weight is 181 g/mol. The van der Waals surface area contributed by atoms with Crippen LogP contribution < -0.4 is 5.32 Å². The summed E-state index contributed by atoms with van der Waals surface area (Å²) in [6.07, 6.45) is 0. The number of hydrogen-bond donors (Lipinski definition) is 2. The number of phenols is 1. The molecular weight excluding hydrogens is 170 g/mol. The van der Waals surface area contributed by atoms with Crippen LogP contribution in [0.4, 0.5) is 0 Å². The van der Waals surface area contributed by atoms with E-state index in [4.69, 9.17) is 0 Å². The third-order valence-electron chi connectivity index (χ3n) is 1.90. The van der Waals surface area contributed by atoms with Crippen molar-refractivity contribution in [3.63, 3.8) is 0 Å². The molecule has 0 saturated carbocycles. The standard InChI is InChI=1S/C9H11NOS/c11-8-3-1-2-4-9(8)12-7-5-10-6-7/h1-4,7,10-11H,5-6H2. The molecule has 0 bridgehead atoms. The second-order valence-electron chi connectivity index (χ2n) is 2.87. The van der Waals surface area contributed by atoms with Crippen LogP contribution in [-0.4, -0.2) is 23.4 Å². The second kappa shape index (κ2) is 3.37. The maximum Gasteiger partial charge on any atom is 0.129 e. The first kappa shape index (κ1) is 7.95. The van der Waals surface area contributed by atoms with Crippen molar-refractivity contribution in [2.24, 2.45) is 0 Å². The van der Waals surface area contributed by atoms with Gasteiger partial charge in [0.05, 0.1) is 0 Å². The average Bonchev–Trinajstić information content (AvgIpc) is 2.00. The first-order valence-corrected chi connectivity index (χ1v) is 4.89. The number of phenolic OH excluding ortho intramolecular Hbond substituents is 1. The molecule has 1 aliphatic heterocycles. The van der Waals surface area contributed by atoms with Crippen molar-refractivity contribution in [3.05, 3.63) is 24.3 Å². The van der Waals surface area contributed by atoms with Gasteiger partial charge in [0.25, 0.3) is 0 Å². The van der Waals surface area contributed by atoms with Crippen molar-refractivity contribution < 1.29 is 5.11 Å². The lowest BCUT2D eigenvalue weighted by atomic mass is 10.3. The van der Waals surface area contributed by atoms with Gasteiger partial charge in [0.15, 0.2) is 0 Å². The maximum absolute atomic E-state index is 9.44. The van der Waals surface area contributed by atoms with Crippen LogP contribution in [0.2, 0.25) is 0 Å². The van der Waals surface area contributed by atoms with E-state index < -0.39 is 0 Å². The van der Waals surface area contributed by atoms with Crippen LogP contribution in [0.1, 0.15) is 0 Å². The van der Waals surface area contributed by atoms with Crippen LogP contribution in [0.3, 0.4) is 0 Å². The largest absolute Gasteiger partial charge is 0.507 e. The zero-order valence-electron chi connectivity index (χ0n) is 6.66. The molecule has 0 aliphatic carbocycles. The van der Waals surface area contributed by atoms with Crippen molar-refractivity contribution in [2.45, 2.75) is 10.1 Å². The number of rotatable bonds is 2. The number of thioether (sulfide) groups is 1. The number of nitrogens with one attached hydrogen (secondary N) is 1. The molecule has 0 aromatic heterocycles. The first-order chi connectivity index (χ1) is 5.86. The molecular formula is C9H11NOS. The molecule has 2 rings (SSSR count). The molecule has 3 heteroatoms. The van der Waals surface area contributed by atoms with Gasteiger partial charge in [0.1, 0.15) is 5.75 Å². The Labute approximate surface area is 76.0 Å². The summed E-state index contributed by atoms with van der Waals surface area (Å²) < 4.78 is 0. The van der Waals surface area contributed by atoms with Crippen LogP contribution >= 0.6 is 11.8 Å². The molecule has 0 atom stereocenters. The SMILES string of the molecule is Oc1ccccc1SC1CNC1. The van der Waals surface area contributed by atoms with Gasteiger partial charge in [-0.2, -0.15) is 0 Å². The van der Waals surface area contributed by atoms with E-state index in [2.05, 4.69) is 5.32 Å². The van der Waals surface area contributed by atoms with Gasteiger partial charge in [-0.1, -0.05) is 12.1 Å². The Balaban J connectivity index is 2.06. The molecule has 1 fully saturated rings. The summed E-state index contributed by atoms with van der Waals surface area (Å²) in [5.41, 5.74) is 0. The van der Waals surface area contributed by atoms with Gasteiger partial charge in [-0.25, -0.2) is 0 Å². The van der Waals surface area contributed by atoms with Crippen LogP contribution in [0.25, 0.3) is 0 Å². The second-order valence-corrected chi connectivity index (χ2v) is 4.21. The number of hydrogen-bond acceptors (Lipinski definition) is 3. The van der Waals surface area contributed by atoms with Crippen molar-refractivity contribution in [3.8, 4) is 5.75 Å². The topological polar surface area (TPSA) is 32.3 Å². The van der Waals surface area contributed by atoms with Crippen LogP contribution in [-0.2, 0) is 0 Å². The molecule has 12 heavy (non-hydrogen) atoms. The fraction of sp³-hybridized carbons (Fsp3) is 0.333. The van der Waals surface area contributed by atoms with Gasteiger partial charge in [0, 0.05) is 23.2 Å². The molecule has 1 aromatic rings. The summed E-state index contributed by atoms with van der Waals surface area (Å²) in [5, 5.41) is 13.3. The minimum absolute atomic E-state index is 0.398. The van der Waals surface area contributed by atoms with E-state index >= 15 is 0 Å². The van der Waals surface area contributed by atoms with Crippen LogP contribution in [0, 0.1) is 0 Å². The van der Waals surface area contributed by atoms with Gasteiger partial charge < -0.3 is 10.4 Å². The van der Waals surface area contributed by atoms with Crippen LogP contribution in [0.5, 0.6) is 5.75 Å². The fourth-order valence-electron chi connectivity index (χ4n) is 1.08. The van der Waals surface area contributed by atoms with E-state index in [1.54, 1.807) is 17.8 Å². The molecule has 1 aromatic carbocycles. The molecule has 1 aliphatic rings. The lowest BCUT2D eigenvalue weighted by Gasteiger charge is -2.26. The van der Waals surface area contributed by atoms with Gasteiger partial charge in [0.2, 0.25) is 0 Å². The van der Waals surface area contributed by atoms with E-state index in [0.717, 1.165) is 18.0 Å². The van der Waals surface area contributed by atoms with E-state index in [0.29, 0.717) is 11.0 Å². The Bertz CT molecular complexity index is 273. The zero-order chi connectivity index (χ0) is 8.39. The highest BCUT2D eigenvalue weighted by molar-refractivity contribution is 8.00. The Morgan fingerprint density at radius 2 is 2.08 bits per heavy atom. The highest BCUT2D eigenvalue weighted by atomic mass is 32.2. The smallest absolute Gasteiger partial charge is 0.129 e. The molecule has 2 N–H and O–H groups in total. The van der Waals surface area contributed by atoms with Crippen molar-refractivity contribution in [1.82, 2.24) is 5.32 Å². The van der Waals surface area contributed by atoms with Gasteiger partial charge in [-0.3, -0.25) is 0 Å². The number of para-hydroxylation sites is 1. The third kappa shape index (κ3) is 1.57. The highest BCUT2D eigenvalue weighted by Crippen LogP contribution is 2.32. The van der Waals surface area contributed by atoms with E-state index in [-0.39, 0.29) is 0 Å². The molecule has 0 unspecified atom stereocenters. The Morgan fingerprint density at radius 1 is 1.33 bits per heavy atom. The van der Waals surface area contributed by atoms with E-state index in [9.17, 15) is 5.11 Å². The first-order valence-electron chi connectivity index (χ1n) is 4.01. The predicted molar refractivity (Wildman–Crippen MR) is 50.6 cm³/mol. The fourth-order valence-corrected chi connectivity index (χ4v) is 2.19. The van der Waals surface area contributed by atoms with Gasteiger partial charge in [-0.15, -0.1) is 11.8 Å². The minimum atomic E-state index is 0.398. The summed E-state index contributed by atoms with van der Waals surface area (Å²) in [4.78, 5) is 0.990. The van der Waals surface area contributed by atoms with Crippen LogP contribution in [0.15, 0.2) is 29.2 Å². The third-order valence-corrected chi connectivity index (χ3v) is 3.17. The monoisotopic (exact) mass is 181 g/mol. The zero-order valence-corrected chi connectivity index (χ0v) is 7.47. The maximum atomic E-state index is 9.44. The highest BCUT2D eigenvalue weighted by Gasteiger charge is 2.18. The molecule has 2 nitrogen and oxygen atoms in total. The Kier molecular flexibility index (Phi) is 2.23. The number of benzene rings is 1. The van der Waals surface area contributed by atoms with Gasteiger partial charge in [-0.05, 0) is 12.1 Å². The van der Waals surface area contributed by atoms with E-state index in [1.807, 2.05) is 18.2 Å². The molecule has 0 spiro atoms. The summed E-state index contributed by atoms with van der Waals surface area (Å²) >= 11 is 1.74. The quantitative estimate of drug-likeness (QED) is 0.724. The summed E-state index contributed by atoms with van der Waals surface area (Å²) in [7, 11) is 0. The number of aromatic hydroxyl groups is 1. The minimum Gasteiger partial charge on any atom is -0.507 e. The van der Waals surface area contributed by atoms with Crippen molar-refractivity contribution >= 4 is 11.8 Å². The predicted octanol–water partition coefficient (Wildman–Crippen LogP) is 1.46. The molecule has 1 heterocycles. The Hall–Kier alpha value is -0.670. The van der Waals surface area contributed by atoms with Gasteiger partial charge >= 0.3 is 0 Å². The Morgan fingerprint density at radius 3 is 2.67 bits per heavy atom. The molecule has 1 saturated heterocycles. The molecule has 0 amide bonds. The normalized spacial score (nSPS) is 17.3. The molecule has 0 radical (unpaired) electrons. The summed E-state index contributed by atoms with van der Waals surface area (Å²) in [6.45, 7) is 2.11. The summed E-state index contributed by atoms with van der Waals surface area (Å²) in [5.74, 6) is 0.398. The van der Waals surface area contributed by atoms with Crippen molar-refractivity contribution in [1.29, 1.82) is 0 Å². The molecule has 64 valence electrons. The van der Waals surface area contributed by atoms with E-state index in [1.165, 1.54) is 0 Å². The lowest BCUT2D eigenvalue weighted by Crippen LogP contribution is -2.44. The summed E-state index contributed by atoms with van der Waals surface area (Å²) in [6, 6.07) is 7.49.